The summed E-state index contributed by atoms with van der Waals surface area (Å²) in [5.74, 6) is 0.138. The lowest BCUT2D eigenvalue weighted by Gasteiger charge is -2.14. The van der Waals surface area contributed by atoms with E-state index in [0.29, 0.717) is 16.8 Å². The largest absolute Gasteiger partial charge is 0.495 e. The lowest BCUT2D eigenvalue weighted by Crippen LogP contribution is -2.24. The molecule has 1 N–H and O–H groups in total. The zero-order valence-corrected chi connectivity index (χ0v) is 15.0. The Hall–Kier alpha value is -3.08. The second-order valence-corrected chi connectivity index (χ2v) is 6.80. The fourth-order valence-electron chi connectivity index (χ4n) is 3.69. The minimum absolute atomic E-state index is 0.145. The summed E-state index contributed by atoms with van der Waals surface area (Å²) in [6.07, 6.45) is 2.55. The average molecular weight is 348 g/mol. The van der Waals surface area contributed by atoms with Gasteiger partial charge in [-0.05, 0) is 49.6 Å². The highest BCUT2D eigenvalue weighted by atomic mass is 16.5. The predicted octanol–water partition coefficient (Wildman–Crippen LogP) is 3.69. The number of para-hydroxylation sites is 1. The summed E-state index contributed by atoms with van der Waals surface area (Å²) in [6.45, 7) is 4.03. The lowest BCUT2D eigenvalue weighted by atomic mass is 10.1. The van der Waals surface area contributed by atoms with Crippen molar-refractivity contribution in [2.45, 2.75) is 26.3 Å². The number of anilines is 1. The van der Waals surface area contributed by atoms with Gasteiger partial charge in [0.25, 0.3) is 5.91 Å². The second kappa shape index (κ2) is 6.02. The molecule has 1 amide bonds. The number of hydrogen-bond donors (Lipinski definition) is 1. The maximum atomic E-state index is 12.9. The number of methoxy groups -OCH3 is 1. The number of amides is 1. The van der Waals surface area contributed by atoms with Gasteiger partial charge in [0.1, 0.15) is 11.3 Å². The number of hydrogen-bond acceptors (Lipinski definition) is 3. The Bertz CT molecular complexity index is 1100. The summed E-state index contributed by atoms with van der Waals surface area (Å²) in [4.78, 5) is 25.8. The van der Waals surface area contributed by atoms with E-state index in [1.54, 1.807) is 25.4 Å². The van der Waals surface area contributed by atoms with E-state index in [9.17, 15) is 9.59 Å². The van der Waals surface area contributed by atoms with Crippen molar-refractivity contribution >= 4 is 22.5 Å². The molecule has 2 aromatic carbocycles. The summed E-state index contributed by atoms with van der Waals surface area (Å²) in [5.41, 5.74) is 3.55. The number of rotatable bonds is 3. The number of ether oxygens (including phenoxy) is 1. The molecule has 0 bridgehead atoms. The number of aryl methyl sites for hydroxylation is 1. The second-order valence-electron chi connectivity index (χ2n) is 6.80. The van der Waals surface area contributed by atoms with Crippen molar-refractivity contribution in [3.8, 4) is 5.75 Å². The molecule has 3 aromatic rings. The van der Waals surface area contributed by atoms with Gasteiger partial charge in [-0.25, -0.2) is 0 Å². The third-order valence-corrected chi connectivity index (χ3v) is 4.97. The number of nitrogens with one attached hydrogen (secondary N) is 1. The molecular weight excluding hydrogens is 328 g/mol. The number of nitrogens with zero attached hydrogens (tertiary/aromatic N) is 1. The molecular formula is C21H20N2O3. The van der Waals surface area contributed by atoms with Crippen LogP contribution in [0.2, 0.25) is 0 Å². The zero-order valence-electron chi connectivity index (χ0n) is 15.0. The molecule has 1 aliphatic heterocycles. The van der Waals surface area contributed by atoms with E-state index in [2.05, 4.69) is 12.2 Å². The Morgan fingerprint density at radius 1 is 1.27 bits per heavy atom. The Morgan fingerprint density at radius 2 is 2.08 bits per heavy atom. The maximum absolute atomic E-state index is 12.9. The standard InChI is InChI=1S/C21H20N2O3/c1-12-7-8-18(26-3)17(9-12)22-21(25)16-11-23-13(2)10-14-5-4-6-15(19(14)23)20(16)24/h4-9,11,13H,10H2,1-3H3,(H,22,25). The molecule has 0 aliphatic carbocycles. The predicted molar refractivity (Wildman–Crippen MR) is 102 cm³/mol. The molecule has 4 rings (SSSR count). The van der Waals surface area contributed by atoms with Gasteiger partial charge in [0.05, 0.1) is 18.3 Å². The SMILES string of the molecule is COc1ccc(C)cc1NC(=O)c1cn2c3c(cccc3c1=O)CC2C. The van der Waals surface area contributed by atoms with Crippen LogP contribution in [-0.4, -0.2) is 17.6 Å². The van der Waals surface area contributed by atoms with Gasteiger partial charge in [0, 0.05) is 17.6 Å². The third kappa shape index (κ3) is 2.47. The summed E-state index contributed by atoms with van der Waals surface area (Å²) >= 11 is 0. The number of aromatic nitrogens is 1. The highest BCUT2D eigenvalue weighted by molar-refractivity contribution is 6.06. The van der Waals surface area contributed by atoms with E-state index in [0.717, 1.165) is 23.1 Å². The van der Waals surface area contributed by atoms with Crippen LogP contribution in [0, 0.1) is 6.92 Å². The summed E-state index contributed by atoms with van der Waals surface area (Å²) < 4.78 is 7.35. The fourth-order valence-corrected chi connectivity index (χ4v) is 3.69. The first-order valence-electron chi connectivity index (χ1n) is 8.62. The molecule has 1 atom stereocenters. The molecule has 0 saturated carbocycles. The Morgan fingerprint density at radius 3 is 2.85 bits per heavy atom. The van der Waals surface area contributed by atoms with Crippen LogP contribution in [0.5, 0.6) is 5.75 Å². The van der Waals surface area contributed by atoms with Gasteiger partial charge in [0.2, 0.25) is 5.43 Å². The number of benzene rings is 2. The van der Waals surface area contributed by atoms with E-state index in [1.165, 1.54) is 0 Å². The van der Waals surface area contributed by atoms with Gasteiger partial charge < -0.3 is 14.6 Å². The Kier molecular flexibility index (Phi) is 3.80. The van der Waals surface area contributed by atoms with Crippen molar-refractivity contribution in [1.29, 1.82) is 0 Å². The molecule has 1 aromatic heterocycles. The van der Waals surface area contributed by atoms with Crippen molar-refractivity contribution < 1.29 is 9.53 Å². The van der Waals surface area contributed by atoms with Crippen molar-refractivity contribution in [3.05, 3.63) is 69.5 Å². The van der Waals surface area contributed by atoms with Crippen molar-refractivity contribution in [2.24, 2.45) is 0 Å². The van der Waals surface area contributed by atoms with Crippen molar-refractivity contribution in [2.75, 3.05) is 12.4 Å². The van der Waals surface area contributed by atoms with Gasteiger partial charge in [-0.15, -0.1) is 0 Å². The molecule has 5 heteroatoms. The van der Waals surface area contributed by atoms with E-state index in [1.807, 2.05) is 35.8 Å². The van der Waals surface area contributed by atoms with Gasteiger partial charge in [0.15, 0.2) is 0 Å². The highest BCUT2D eigenvalue weighted by Crippen LogP contribution is 2.31. The zero-order chi connectivity index (χ0) is 18.4. The number of carbonyl (C=O) groups excluding carboxylic acids is 1. The van der Waals surface area contributed by atoms with E-state index in [4.69, 9.17) is 4.74 Å². The van der Waals surface area contributed by atoms with Crippen LogP contribution in [0.3, 0.4) is 0 Å². The Labute approximate surface area is 151 Å². The quantitative estimate of drug-likeness (QED) is 0.785. The van der Waals surface area contributed by atoms with Crippen molar-refractivity contribution in [3.63, 3.8) is 0 Å². The lowest BCUT2D eigenvalue weighted by molar-refractivity contribution is 0.102. The van der Waals surface area contributed by atoms with Crippen LogP contribution in [0.15, 0.2) is 47.4 Å². The molecule has 132 valence electrons. The number of pyridine rings is 1. The first-order chi connectivity index (χ1) is 12.5. The van der Waals surface area contributed by atoms with Crippen molar-refractivity contribution in [1.82, 2.24) is 4.57 Å². The van der Waals surface area contributed by atoms with Crippen LogP contribution in [0.1, 0.15) is 34.5 Å². The third-order valence-electron chi connectivity index (χ3n) is 4.97. The van der Waals surface area contributed by atoms with Gasteiger partial charge in [-0.3, -0.25) is 9.59 Å². The molecule has 0 saturated heterocycles. The van der Waals surface area contributed by atoms with E-state index in [-0.39, 0.29) is 17.0 Å². The molecule has 26 heavy (non-hydrogen) atoms. The van der Waals surface area contributed by atoms with E-state index < -0.39 is 5.91 Å². The molecule has 0 spiro atoms. The molecule has 2 heterocycles. The van der Waals surface area contributed by atoms with Crippen LogP contribution >= 0.6 is 0 Å². The Balaban J connectivity index is 1.81. The van der Waals surface area contributed by atoms with E-state index >= 15 is 0 Å². The van der Waals surface area contributed by atoms with Gasteiger partial charge in [-0.2, -0.15) is 0 Å². The fraction of sp³-hybridized carbons (Fsp3) is 0.238. The van der Waals surface area contributed by atoms with Crippen LogP contribution in [0.25, 0.3) is 10.9 Å². The molecule has 0 radical (unpaired) electrons. The monoisotopic (exact) mass is 348 g/mol. The minimum Gasteiger partial charge on any atom is -0.495 e. The summed E-state index contributed by atoms with van der Waals surface area (Å²) in [6, 6.07) is 11.5. The van der Waals surface area contributed by atoms with Crippen LogP contribution < -0.4 is 15.5 Å². The maximum Gasteiger partial charge on any atom is 0.261 e. The minimum atomic E-state index is -0.422. The first-order valence-corrected chi connectivity index (χ1v) is 8.62. The topological polar surface area (TPSA) is 60.3 Å². The normalized spacial score (nSPS) is 15.3. The molecule has 5 nitrogen and oxygen atoms in total. The molecule has 0 fully saturated rings. The molecule has 1 aliphatic rings. The highest BCUT2D eigenvalue weighted by Gasteiger charge is 2.24. The van der Waals surface area contributed by atoms with Gasteiger partial charge >= 0.3 is 0 Å². The average Bonchev–Trinajstić information content (AvgIpc) is 2.94. The van der Waals surface area contributed by atoms with Crippen LogP contribution in [0.4, 0.5) is 5.69 Å². The van der Waals surface area contributed by atoms with Gasteiger partial charge in [-0.1, -0.05) is 18.2 Å². The smallest absolute Gasteiger partial charge is 0.261 e. The number of carbonyl (C=O) groups is 1. The summed E-state index contributed by atoms with van der Waals surface area (Å²) in [5, 5.41) is 3.42. The molecule has 1 unspecified atom stereocenters. The first kappa shape index (κ1) is 16.4. The summed E-state index contributed by atoms with van der Waals surface area (Å²) in [7, 11) is 1.55. The van der Waals surface area contributed by atoms with Crippen LogP contribution in [-0.2, 0) is 6.42 Å².